The summed E-state index contributed by atoms with van der Waals surface area (Å²) in [5.74, 6) is 0.130. The molecule has 0 spiro atoms. The minimum absolute atomic E-state index is 0.151. The third-order valence-corrected chi connectivity index (χ3v) is 6.15. The van der Waals surface area contributed by atoms with Crippen LogP contribution in [-0.4, -0.2) is 36.5 Å². The molecule has 30 heavy (non-hydrogen) atoms. The lowest BCUT2D eigenvalue weighted by Gasteiger charge is -2.11. The molecule has 0 fully saturated rings. The molecule has 1 aliphatic rings. The highest BCUT2D eigenvalue weighted by Crippen LogP contribution is 2.22. The number of hydrogen-bond donors (Lipinski definition) is 2. The van der Waals surface area contributed by atoms with Gasteiger partial charge in [0.25, 0.3) is 10.0 Å². The maximum atomic E-state index is 12.3. The number of nitrogens with one attached hydrogen (secondary N) is 2. The van der Waals surface area contributed by atoms with Crippen molar-refractivity contribution in [3.05, 3.63) is 83.7 Å². The molecule has 0 radical (unpaired) electrons. The lowest BCUT2D eigenvalue weighted by molar-refractivity contribution is -0.121. The standard InChI is InChI=1S/C21H21N5O3S/c27-20(10-12-22-21-18-8-3-4-9-19(18)30(28,29)25-21)23-14-16-6-1-2-7-17(16)15-26-13-5-11-24-26/h1-9,11,13H,10,12,14-15H2,(H,22,25)(H,23,27). The summed E-state index contributed by atoms with van der Waals surface area (Å²) >= 11 is 0. The number of carbonyl (C=O) groups excluding carboxylic acids is 1. The first-order valence-corrected chi connectivity index (χ1v) is 11.0. The quantitative estimate of drug-likeness (QED) is 0.603. The molecule has 2 heterocycles. The van der Waals surface area contributed by atoms with E-state index in [1.54, 1.807) is 24.4 Å². The average Bonchev–Trinajstić information content (AvgIpc) is 3.34. The molecule has 2 N–H and O–H groups in total. The molecular formula is C21H21N5O3S. The Morgan fingerprint density at radius 3 is 2.63 bits per heavy atom. The first-order chi connectivity index (χ1) is 14.5. The van der Waals surface area contributed by atoms with E-state index in [1.807, 2.05) is 41.2 Å². The van der Waals surface area contributed by atoms with Crippen LogP contribution < -0.4 is 10.0 Å². The Kier molecular flexibility index (Phi) is 5.62. The summed E-state index contributed by atoms with van der Waals surface area (Å²) in [7, 11) is -3.57. The molecule has 1 aliphatic heterocycles. The van der Waals surface area contributed by atoms with E-state index in [1.165, 1.54) is 6.07 Å². The predicted octanol–water partition coefficient (Wildman–Crippen LogP) is 1.68. The van der Waals surface area contributed by atoms with E-state index >= 15 is 0 Å². The molecule has 3 aromatic rings. The molecule has 0 aliphatic carbocycles. The fraction of sp³-hybridized carbons (Fsp3) is 0.190. The second-order valence-corrected chi connectivity index (χ2v) is 8.48. The molecule has 0 unspecified atom stereocenters. The Balaban J connectivity index is 1.33. The highest BCUT2D eigenvalue weighted by molar-refractivity contribution is 7.90. The van der Waals surface area contributed by atoms with Crippen LogP contribution in [0.4, 0.5) is 0 Å². The van der Waals surface area contributed by atoms with Crippen LogP contribution >= 0.6 is 0 Å². The van der Waals surface area contributed by atoms with E-state index in [9.17, 15) is 13.2 Å². The first kappa shape index (κ1) is 19.8. The minimum Gasteiger partial charge on any atom is -0.352 e. The van der Waals surface area contributed by atoms with Crippen molar-refractivity contribution >= 4 is 21.8 Å². The molecular weight excluding hydrogens is 402 g/mol. The molecule has 0 atom stereocenters. The Morgan fingerprint density at radius 2 is 1.83 bits per heavy atom. The third-order valence-electron chi connectivity index (χ3n) is 4.76. The average molecular weight is 423 g/mol. The normalized spacial score (nSPS) is 15.5. The van der Waals surface area contributed by atoms with Gasteiger partial charge in [0.15, 0.2) is 0 Å². The highest BCUT2D eigenvalue weighted by Gasteiger charge is 2.29. The van der Waals surface area contributed by atoms with Crippen LogP contribution in [0.5, 0.6) is 0 Å². The van der Waals surface area contributed by atoms with Crippen molar-refractivity contribution in [1.82, 2.24) is 19.8 Å². The van der Waals surface area contributed by atoms with Crippen molar-refractivity contribution in [1.29, 1.82) is 0 Å². The summed E-state index contributed by atoms with van der Waals surface area (Å²) in [4.78, 5) is 16.7. The number of sulfonamides is 1. The second-order valence-electron chi connectivity index (χ2n) is 6.83. The summed E-state index contributed by atoms with van der Waals surface area (Å²) in [5.41, 5.74) is 2.63. The number of rotatable bonds is 7. The maximum absolute atomic E-state index is 12.3. The first-order valence-electron chi connectivity index (χ1n) is 9.50. The van der Waals surface area contributed by atoms with Crippen molar-refractivity contribution in [3.63, 3.8) is 0 Å². The van der Waals surface area contributed by atoms with Gasteiger partial charge in [-0.1, -0.05) is 36.4 Å². The number of hydrogen-bond acceptors (Lipinski definition) is 5. The SMILES string of the molecule is O=C(CCN=C1NS(=O)(=O)c2ccccc21)NCc1ccccc1Cn1cccn1. The van der Waals surface area contributed by atoms with Gasteiger partial charge in [-0.15, -0.1) is 0 Å². The molecule has 9 heteroatoms. The summed E-state index contributed by atoms with van der Waals surface area (Å²) in [6, 6.07) is 16.4. The summed E-state index contributed by atoms with van der Waals surface area (Å²) in [5, 5.41) is 7.12. The summed E-state index contributed by atoms with van der Waals surface area (Å²) in [6.07, 6.45) is 3.79. The van der Waals surface area contributed by atoms with Gasteiger partial charge in [0, 0.05) is 30.9 Å². The molecule has 8 nitrogen and oxygen atoms in total. The molecule has 1 aromatic heterocycles. The number of amides is 1. The van der Waals surface area contributed by atoms with Gasteiger partial charge in [-0.3, -0.25) is 19.2 Å². The fourth-order valence-corrected chi connectivity index (χ4v) is 4.51. The van der Waals surface area contributed by atoms with Crippen molar-refractivity contribution in [2.24, 2.45) is 4.99 Å². The molecule has 2 aromatic carbocycles. The molecule has 1 amide bonds. The molecule has 154 valence electrons. The Labute approximate surface area is 174 Å². The van der Waals surface area contributed by atoms with Crippen molar-refractivity contribution < 1.29 is 13.2 Å². The Hall–Kier alpha value is -3.46. The van der Waals surface area contributed by atoms with Crippen molar-refractivity contribution in [2.75, 3.05) is 6.54 Å². The van der Waals surface area contributed by atoms with Gasteiger partial charge in [-0.05, 0) is 29.3 Å². The van der Waals surface area contributed by atoms with Gasteiger partial charge in [-0.25, -0.2) is 8.42 Å². The molecule has 0 saturated carbocycles. The van der Waals surface area contributed by atoms with Gasteiger partial charge in [0.1, 0.15) is 5.84 Å². The smallest absolute Gasteiger partial charge is 0.263 e. The Bertz CT molecular complexity index is 1190. The lowest BCUT2D eigenvalue weighted by atomic mass is 10.1. The van der Waals surface area contributed by atoms with Gasteiger partial charge in [0.05, 0.1) is 18.0 Å². The minimum atomic E-state index is -3.57. The number of nitrogens with zero attached hydrogens (tertiary/aromatic N) is 3. The second kappa shape index (κ2) is 8.50. The van der Waals surface area contributed by atoms with Crippen LogP contribution in [0.25, 0.3) is 0 Å². The highest BCUT2D eigenvalue weighted by atomic mass is 32.2. The monoisotopic (exact) mass is 423 g/mol. The van der Waals surface area contributed by atoms with Crippen LogP contribution in [0, 0.1) is 0 Å². The van der Waals surface area contributed by atoms with Crippen LogP contribution in [-0.2, 0) is 27.9 Å². The fourth-order valence-electron chi connectivity index (χ4n) is 3.26. The molecule has 0 saturated heterocycles. The van der Waals surface area contributed by atoms with E-state index < -0.39 is 10.0 Å². The zero-order valence-corrected chi connectivity index (χ0v) is 17.0. The summed E-state index contributed by atoms with van der Waals surface area (Å²) < 4.78 is 28.4. The zero-order valence-electron chi connectivity index (χ0n) is 16.2. The van der Waals surface area contributed by atoms with E-state index in [-0.39, 0.29) is 29.6 Å². The van der Waals surface area contributed by atoms with Crippen LogP contribution in [0.15, 0.2) is 76.9 Å². The predicted molar refractivity (Wildman–Crippen MR) is 112 cm³/mol. The maximum Gasteiger partial charge on any atom is 0.263 e. The van der Waals surface area contributed by atoms with Gasteiger partial charge in [0.2, 0.25) is 5.91 Å². The van der Waals surface area contributed by atoms with E-state index in [0.717, 1.165) is 11.1 Å². The zero-order chi connectivity index (χ0) is 21.0. The number of carbonyl (C=O) groups is 1. The largest absolute Gasteiger partial charge is 0.352 e. The number of amidine groups is 1. The van der Waals surface area contributed by atoms with Gasteiger partial charge < -0.3 is 5.32 Å². The number of fused-ring (bicyclic) bond motifs is 1. The van der Waals surface area contributed by atoms with Crippen LogP contribution in [0.2, 0.25) is 0 Å². The van der Waals surface area contributed by atoms with Gasteiger partial charge in [-0.2, -0.15) is 5.10 Å². The van der Waals surface area contributed by atoms with E-state index in [0.29, 0.717) is 18.7 Å². The third kappa shape index (κ3) is 4.41. The number of aromatic nitrogens is 2. The van der Waals surface area contributed by atoms with Crippen LogP contribution in [0.3, 0.4) is 0 Å². The van der Waals surface area contributed by atoms with Crippen molar-refractivity contribution in [2.45, 2.75) is 24.4 Å². The van der Waals surface area contributed by atoms with Crippen LogP contribution in [0.1, 0.15) is 23.1 Å². The van der Waals surface area contributed by atoms with E-state index in [2.05, 4.69) is 20.1 Å². The number of benzene rings is 2. The summed E-state index contributed by atoms with van der Waals surface area (Å²) in [6.45, 7) is 1.22. The molecule has 4 rings (SSSR count). The Morgan fingerprint density at radius 1 is 1.07 bits per heavy atom. The molecule has 0 bridgehead atoms. The lowest BCUT2D eigenvalue weighted by Crippen LogP contribution is -2.25. The topological polar surface area (TPSA) is 105 Å². The van der Waals surface area contributed by atoms with Gasteiger partial charge >= 0.3 is 0 Å². The van der Waals surface area contributed by atoms with Crippen molar-refractivity contribution in [3.8, 4) is 0 Å². The number of aliphatic imine (C=N–C) groups is 1. The van der Waals surface area contributed by atoms with E-state index in [4.69, 9.17) is 0 Å².